The second-order valence-electron chi connectivity index (χ2n) is 12.9. The van der Waals surface area contributed by atoms with Gasteiger partial charge in [-0.3, -0.25) is 9.78 Å². The Balaban J connectivity index is 1.20. The molecule has 3 aliphatic rings. The number of aromatic nitrogens is 5. The van der Waals surface area contributed by atoms with E-state index in [9.17, 15) is 13.6 Å². The van der Waals surface area contributed by atoms with Crippen LogP contribution in [0.1, 0.15) is 75.7 Å². The molecule has 6 aromatic rings. The predicted molar refractivity (Wildman–Crippen MR) is 183 cm³/mol. The van der Waals surface area contributed by atoms with E-state index >= 15 is 0 Å². The van der Waals surface area contributed by atoms with Crippen molar-refractivity contribution in [1.29, 1.82) is 0 Å². The van der Waals surface area contributed by atoms with Crippen LogP contribution in [0, 0.1) is 18.6 Å². The lowest BCUT2D eigenvalue weighted by atomic mass is 9.93. The number of methoxy groups -OCH3 is 1. The van der Waals surface area contributed by atoms with E-state index < -0.39 is 0 Å². The number of rotatable bonds is 8. The van der Waals surface area contributed by atoms with Crippen LogP contribution in [0.15, 0.2) is 53.2 Å². The summed E-state index contributed by atoms with van der Waals surface area (Å²) in [5, 5.41) is 13.0. The van der Waals surface area contributed by atoms with Crippen molar-refractivity contribution in [1.82, 2.24) is 30.0 Å². The fourth-order valence-electron chi connectivity index (χ4n) is 7.79. The van der Waals surface area contributed by atoms with Crippen LogP contribution in [-0.4, -0.2) is 49.6 Å². The number of pyridine rings is 1. The van der Waals surface area contributed by atoms with E-state index in [4.69, 9.17) is 14.1 Å². The largest absolute Gasteiger partial charge is 0.493 e. The van der Waals surface area contributed by atoms with Crippen molar-refractivity contribution in [2.24, 2.45) is 0 Å². The second kappa shape index (κ2) is 11.9. The van der Waals surface area contributed by atoms with Gasteiger partial charge in [0.1, 0.15) is 22.8 Å². The van der Waals surface area contributed by atoms with Gasteiger partial charge in [0, 0.05) is 29.5 Å². The third-order valence-corrected chi connectivity index (χ3v) is 11.1. The summed E-state index contributed by atoms with van der Waals surface area (Å²) in [6, 6.07) is 11.5. The standard InChI is InChI=1S/C37H31F2N7O3S/c1-18-44-45-35(49-18)29-26(13-7-19-5-8-20(38)9-6-19)42-32-27-4-3-15-46(27)37(47)31(32)30(29)28-16-23-34(40-17-41-36(23)50-28)43-25-14-11-22-21(25)10-12-24(39)33(22)48-2/h5-6,8-10,12,16-17,25,27H,3-4,7,11,13-15H2,1-2H3,(H,40,41,43)/t25-,27?/m0/s1. The van der Waals surface area contributed by atoms with Crippen molar-refractivity contribution in [3.05, 3.63) is 100.0 Å². The Hall–Kier alpha value is -5.30. The van der Waals surface area contributed by atoms with E-state index in [1.165, 1.54) is 43.0 Å². The molecule has 1 fully saturated rings. The predicted octanol–water partition coefficient (Wildman–Crippen LogP) is 7.57. The van der Waals surface area contributed by atoms with E-state index in [0.29, 0.717) is 54.2 Å². The van der Waals surface area contributed by atoms with Crippen LogP contribution < -0.4 is 10.1 Å². The molecule has 10 nitrogen and oxygen atoms in total. The quantitative estimate of drug-likeness (QED) is 0.172. The molecule has 1 N–H and O–H groups in total. The van der Waals surface area contributed by atoms with Gasteiger partial charge in [0.25, 0.3) is 5.91 Å². The molecule has 1 aliphatic carbocycles. The summed E-state index contributed by atoms with van der Waals surface area (Å²) < 4.78 is 39.7. The molecular formula is C37H31F2N7O3S. The zero-order valence-corrected chi connectivity index (χ0v) is 28.1. The molecule has 2 aliphatic heterocycles. The molecule has 13 heteroatoms. The van der Waals surface area contributed by atoms with Crippen molar-refractivity contribution < 1.29 is 22.7 Å². The van der Waals surface area contributed by atoms with Gasteiger partial charge in [-0.05, 0) is 73.9 Å². The molecule has 1 unspecified atom stereocenters. The van der Waals surface area contributed by atoms with Gasteiger partial charge >= 0.3 is 0 Å². The van der Waals surface area contributed by atoms with Crippen molar-refractivity contribution in [3.8, 4) is 27.6 Å². The summed E-state index contributed by atoms with van der Waals surface area (Å²) in [6.45, 7) is 2.40. The number of benzene rings is 2. The molecule has 4 aromatic heterocycles. The van der Waals surface area contributed by atoms with Gasteiger partial charge in [0.2, 0.25) is 11.8 Å². The first-order valence-electron chi connectivity index (χ1n) is 16.7. The first kappa shape index (κ1) is 30.7. The highest BCUT2D eigenvalue weighted by Crippen LogP contribution is 2.50. The summed E-state index contributed by atoms with van der Waals surface area (Å²) in [7, 11) is 1.49. The number of aryl methyl sites for hydroxylation is 3. The third kappa shape index (κ3) is 4.93. The van der Waals surface area contributed by atoms with Crippen LogP contribution in [0.3, 0.4) is 0 Å². The number of fused-ring (bicyclic) bond motifs is 5. The number of anilines is 1. The zero-order chi connectivity index (χ0) is 34.1. The summed E-state index contributed by atoms with van der Waals surface area (Å²) in [5.74, 6) is 0.885. The van der Waals surface area contributed by atoms with E-state index in [1.54, 1.807) is 25.1 Å². The first-order valence-corrected chi connectivity index (χ1v) is 17.5. The Kier molecular flexibility index (Phi) is 7.34. The Morgan fingerprint density at radius 3 is 2.70 bits per heavy atom. The number of hydrogen-bond donors (Lipinski definition) is 1. The summed E-state index contributed by atoms with van der Waals surface area (Å²) in [6.07, 6.45) is 5.81. The monoisotopic (exact) mass is 691 g/mol. The maximum absolute atomic E-state index is 14.5. The topological polar surface area (TPSA) is 119 Å². The Morgan fingerprint density at radius 2 is 1.90 bits per heavy atom. The zero-order valence-electron chi connectivity index (χ0n) is 27.3. The highest BCUT2D eigenvalue weighted by Gasteiger charge is 2.45. The number of carbonyl (C=O) groups is 1. The molecule has 0 bridgehead atoms. The Labute approximate surface area is 289 Å². The molecule has 2 atom stereocenters. The van der Waals surface area contributed by atoms with Gasteiger partial charge in [-0.1, -0.05) is 18.2 Å². The van der Waals surface area contributed by atoms with Crippen molar-refractivity contribution >= 4 is 33.3 Å². The lowest BCUT2D eigenvalue weighted by Crippen LogP contribution is -2.22. The number of nitrogens with zero attached hydrogens (tertiary/aromatic N) is 6. The maximum atomic E-state index is 14.5. The second-order valence-corrected chi connectivity index (χ2v) is 13.9. The van der Waals surface area contributed by atoms with E-state index in [2.05, 4.69) is 25.5 Å². The number of nitrogens with one attached hydrogen (secondary N) is 1. The Morgan fingerprint density at radius 1 is 1.04 bits per heavy atom. The van der Waals surface area contributed by atoms with Crippen LogP contribution in [0.4, 0.5) is 14.6 Å². The summed E-state index contributed by atoms with van der Waals surface area (Å²) in [4.78, 5) is 32.1. The minimum atomic E-state index is -0.372. The van der Waals surface area contributed by atoms with Crippen LogP contribution >= 0.6 is 11.3 Å². The summed E-state index contributed by atoms with van der Waals surface area (Å²) in [5.41, 5.74) is 6.17. The normalized spacial score (nSPS) is 17.8. The van der Waals surface area contributed by atoms with E-state index in [0.717, 1.165) is 62.4 Å². The maximum Gasteiger partial charge on any atom is 0.257 e. The first-order chi connectivity index (χ1) is 24.4. The van der Waals surface area contributed by atoms with Gasteiger partial charge in [-0.15, -0.1) is 21.5 Å². The highest BCUT2D eigenvalue weighted by molar-refractivity contribution is 7.22. The minimum Gasteiger partial charge on any atom is -0.493 e. The van der Waals surface area contributed by atoms with Crippen LogP contribution in [0.25, 0.3) is 32.1 Å². The molecule has 252 valence electrons. The number of halogens is 2. The van der Waals surface area contributed by atoms with Gasteiger partial charge in [-0.2, -0.15) is 0 Å². The molecule has 6 heterocycles. The van der Waals surface area contributed by atoms with E-state index in [-0.39, 0.29) is 41.3 Å². The van der Waals surface area contributed by atoms with Gasteiger partial charge in [0.15, 0.2) is 11.6 Å². The van der Waals surface area contributed by atoms with Crippen LogP contribution in [-0.2, 0) is 19.3 Å². The van der Waals surface area contributed by atoms with Crippen molar-refractivity contribution in [2.75, 3.05) is 19.0 Å². The lowest BCUT2D eigenvalue weighted by molar-refractivity contribution is 0.0776. The number of amides is 1. The van der Waals surface area contributed by atoms with Crippen LogP contribution in [0.5, 0.6) is 5.75 Å². The molecule has 0 radical (unpaired) electrons. The molecular weight excluding hydrogens is 661 g/mol. The lowest BCUT2D eigenvalue weighted by Gasteiger charge is -2.16. The van der Waals surface area contributed by atoms with Crippen molar-refractivity contribution in [2.45, 2.75) is 57.5 Å². The molecule has 1 saturated heterocycles. The number of carbonyl (C=O) groups excluding carboxylic acids is 1. The minimum absolute atomic E-state index is 0.0572. The van der Waals surface area contributed by atoms with Gasteiger partial charge < -0.3 is 19.4 Å². The highest BCUT2D eigenvalue weighted by atomic mass is 32.1. The number of ether oxygens (including phenoxy) is 1. The SMILES string of the molecule is COc1c(F)ccc2c1CC[C@@H]2Nc1ncnc2sc(-c3c4c(nc(CCc5ccc(F)cc5)c3-c3nnc(C)o3)C3CCCN3C4=O)cc12. The van der Waals surface area contributed by atoms with Gasteiger partial charge in [-0.25, -0.2) is 18.7 Å². The molecule has 0 spiro atoms. The molecule has 50 heavy (non-hydrogen) atoms. The smallest absolute Gasteiger partial charge is 0.257 e. The van der Waals surface area contributed by atoms with E-state index in [1.807, 2.05) is 11.0 Å². The average molecular weight is 692 g/mol. The fraction of sp³-hybridized carbons (Fsp3) is 0.297. The fourth-order valence-corrected chi connectivity index (χ4v) is 8.85. The average Bonchev–Trinajstić information content (AvgIpc) is 3.96. The molecule has 1 amide bonds. The van der Waals surface area contributed by atoms with Gasteiger partial charge in [0.05, 0.1) is 47.1 Å². The summed E-state index contributed by atoms with van der Waals surface area (Å²) >= 11 is 1.46. The van der Waals surface area contributed by atoms with Crippen LogP contribution in [0.2, 0.25) is 0 Å². The number of thiophene rings is 1. The molecule has 9 rings (SSSR count). The third-order valence-electron chi connectivity index (χ3n) is 10.0. The molecule has 0 saturated carbocycles. The number of hydrogen-bond acceptors (Lipinski definition) is 10. The Bertz CT molecular complexity index is 2320. The molecule has 2 aromatic carbocycles. The van der Waals surface area contributed by atoms with Crippen molar-refractivity contribution in [3.63, 3.8) is 0 Å².